The standard InChI is InChI=1S/C6H4I3O6P/c7-3-1-4(8)6(9(10)11)5(2-3)15-16(12,13)14/h1-2H,(H2,12,13,14). The number of phosphoric acid groups is 1. The number of rotatable bonds is 3. The molecular formula is C6H4I3O6P. The third-order valence-corrected chi connectivity index (χ3v) is 6.26. The third kappa shape index (κ3) is 4.33. The zero-order chi connectivity index (χ0) is 12.5. The summed E-state index contributed by atoms with van der Waals surface area (Å²) in [5, 5.41) is 0. The number of hydrogen-bond donors (Lipinski definition) is 2. The van der Waals surface area contributed by atoms with Gasteiger partial charge < -0.3 is 4.52 Å². The largest absolute Gasteiger partial charge is 0.524 e. The van der Waals surface area contributed by atoms with E-state index in [1.54, 1.807) is 28.7 Å². The predicted octanol–water partition coefficient (Wildman–Crippen LogP) is 2.73. The summed E-state index contributed by atoms with van der Waals surface area (Å²) in [5.74, 6) is -0.292. The highest BCUT2D eigenvalue weighted by Gasteiger charge is 2.22. The first-order chi connectivity index (χ1) is 7.20. The maximum absolute atomic E-state index is 11.0. The molecule has 0 aliphatic rings. The lowest BCUT2D eigenvalue weighted by Crippen LogP contribution is -1.96. The van der Waals surface area contributed by atoms with E-state index in [0.717, 1.165) is 0 Å². The van der Waals surface area contributed by atoms with Crippen molar-refractivity contribution in [2.24, 2.45) is 0 Å². The molecule has 0 atom stereocenters. The van der Waals surface area contributed by atoms with E-state index >= 15 is 0 Å². The van der Waals surface area contributed by atoms with Gasteiger partial charge in [0.1, 0.15) is 3.57 Å². The number of hydrogen-bond acceptors (Lipinski definition) is 4. The van der Waals surface area contributed by atoms with Gasteiger partial charge in [-0.15, -0.1) is 0 Å². The highest BCUT2D eigenvalue weighted by molar-refractivity contribution is 14.2. The third-order valence-electron chi connectivity index (χ3n) is 1.33. The van der Waals surface area contributed by atoms with E-state index in [-0.39, 0.29) is 9.32 Å². The molecule has 0 bridgehead atoms. The van der Waals surface area contributed by atoms with Crippen LogP contribution in [0.2, 0.25) is 0 Å². The van der Waals surface area contributed by atoms with E-state index in [2.05, 4.69) is 4.52 Å². The van der Waals surface area contributed by atoms with Crippen molar-refractivity contribution in [3.05, 3.63) is 22.8 Å². The normalized spacial score (nSPS) is 11.8. The molecular weight excluding hydrogens is 580 g/mol. The van der Waals surface area contributed by atoms with E-state index in [1.165, 1.54) is 6.07 Å². The fourth-order valence-electron chi connectivity index (χ4n) is 0.877. The first-order valence-electron chi connectivity index (χ1n) is 3.50. The van der Waals surface area contributed by atoms with Gasteiger partial charge in [0.2, 0.25) is 0 Å². The summed E-state index contributed by atoms with van der Waals surface area (Å²) in [6.07, 6.45) is 0. The number of phosphoric ester groups is 1. The second-order valence-electron chi connectivity index (χ2n) is 2.50. The van der Waals surface area contributed by atoms with Crippen molar-refractivity contribution in [1.82, 2.24) is 0 Å². The SMILES string of the molecule is O=I(=O)c1c(I)cc(I)cc1OP(=O)(O)O. The predicted molar refractivity (Wildman–Crippen MR) is 78.6 cm³/mol. The molecule has 0 fully saturated rings. The van der Waals surface area contributed by atoms with Crippen LogP contribution in [0.25, 0.3) is 0 Å². The summed E-state index contributed by atoms with van der Waals surface area (Å²) in [7, 11) is -4.75. The highest BCUT2D eigenvalue weighted by atomic mass is 127. The Morgan fingerprint density at radius 2 is 1.81 bits per heavy atom. The molecule has 6 nitrogen and oxygen atoms in total. The summed E-state index contributed by atoms with van der Waals surface area (Å²) in [6.45, 7) is 0. The molecule has 2 N–H and O–H groups in total. The van der Waals surface area contributed by atoms with Crippen LogP contribution < -0.4 is 4.52 Å². The lowest BCUT2D eigenvalue weighted by Gasteiger charge is -2.09. The topological polar surface area (TPSA) is 101 Å². The van der Waals surface area contributed by atoms with Crippen LogP contribution in [0.15, 0.2) is 12.1 Å². The maximum atomic E-state index is 11.0. The first-order valence-corrected chi connectivity index (χ1v) is 10.0. The Balaban J connectivity index is 3.41. The monoisotopic (exact) mass is 584 g/mol. The molecule has 0 aliphatic carbocycles. The van der Waals surface area contributed by atoms with Crippen LogP contribution in [0.5, 0.6) is 5.75 Å². The molecule has 0 unspecified atom stereocenters. The Bertz CT molecular complexity index is 525. The van der Waals surface area contributed by atoms with Gasteiger partial charge >= 0.3 is 27.6 Å². The van der Waals surface area contributed by atoms with Crippen molar-refractivity contribution in [3.8, 4) is 5.75 Å². The second kappa shape index (κ2) is 5.73. The molecule has 1 rings (SSSR count). The zero-order valence-electron chi connectivity index (χ0n) is 7.26. The van der Waals surface area contributed by atoms with Crippen LogP contribution in [0.4, 0.5) is 0 Å². The summed E-state index contributed by atoms with van der Waals surface area (Å²) in [5.41, 5.74) is 0. The highest BCUT2D eigenvalue weighted by Crippen LogP contribution is 2.43. The summed E-state index contributed by atoms with van der Waals surface area (Å²) in [6, 6.07) is 2.86. The second-order valence-corrected chi connectivity index (χ2v) is 8.39. The van der Waals surface area contributed by atoms with Gasteiger partial charge in [-0.25, -0.2) is 10.7 Å². The Hall–Kier alpha value is 0.960. The molecule has 10 heteroatoms. The average Bonchev–Trinajstić information content (AvgIpc) is 1.96. The molecule has 0 saturated heterocycles. The molecule has 0 radical (unpaired) electrons. The fourth-order valence-corrected chi connectivity index (χ4v) is 5.64. The van der Waals surface area contributed by atoms with Gasteiger partial charge in [-0.1, -0.05) is 0 Å². The molecule has 0 aliphatic heterocycles. The molecule has 1 aromatic rings. The van der Waals surface area contributed by atoms with Gasteiger partial charge in [0.25, 0.3) is 0 Å². The lowest BCUT2D eigenvalue weighted by molar-refractivity contribution is 0.282. The first kappa shape index (κ1) is 15.0. The van der Waals surface area contributed by atoms with Crippen molar-refractivity contribution in [3.63, 3.8) is 0 Å². The van der Waals surface area contributed by atoms with Crippen molar-refractivity contribution >= 4 is 72.8 Å². The van der Waals surface area contributed by atoms with E-state index in [0.29, 0.717) is 7.14 Å². The Labute approximate surface area is 125 Å². The molecule has 1 aromatic carbocycles. The van der Waals surface area contributed by atoms with Crippen LogP contribution in [0.1, 0.15) is 0 Å². The minimum atomic E-state index is -4.75. The lowest BCUT2D eigenvalue weighted by atomic mass is 10.3. The minimum absolute atomic E-state index is 0.131. The Morgan fingerprint density at radius 1 is 1.25 bits per heavy atom. The van der Waals surface area contributed by atoms with Crippen LogP contribution >= 0.6 is 72.8 Å². The van der Waals surface area contributed by atoms with E-state index in [1.807, 2.05) is 22.6 Å². The van der Waals surface area contributed by atoms with Gasteiger partial charge in [0, 0.05) is 7.14 Å². The van der Waals surface area contributed by atoms with Crippen LogP contribution in [-0.4, -0.2) is 9.79 Å². The van der Waals surface area contributed by atoms with Crippen LogP contribution in [0, 0.1) is 10.7 Å². The molecule has 16 heavy (non-hydrogen) atoms. The quantitative estimate of drug-likeness (QED) is 0.323. The van der Waals surface area contributed by atoms with Gasteiger partial charge in [-0.3, -0.25) is 9.79 Å². The molecule has 0 amide bonds. The van der Waals surface area contributed by atoms with Crippen LogP contribution in [0.3, 0.4) is 0 Å². The Kier molecular flexibility index (Phi) is 5.38. The zero-order valence-corrected chi connectivity index (χ0v) is 14.6. The van der Waals surface area contributed by atoms with Gasteiger partial charge in [-0.2, -0.15) is 0 Å². The van der Waals surface area contributed by atoms with Crippen molar-refractivity contribution < 1.29 is 25.0 Å². The molecule has 90 valence electrons. The smallest absolute Gasteiger partial charge is 0.403 e. The van der Waals surface area contributed by atoms with E-state index in [4.69, 9.17) is 9.79 Å². The fraction of sp³-hybridized carbons (Fsp3) is 0. The summed E-state index contributed by atoms with van der Waals surface area (Å²) >= 11 is -0.190. The molecule has 0 heterocycles. The summed E-state index contributed by atoms with van der Waals surface area (Å²) < 4.78 is 38.0. The van der Waals surface area contributed by atoms with Crippen molar-refractivity contribution in [2.45, 2.75) is 0 Å². The molecule has 0 saturated carbocycles. The number of benzene rings is 1. The van der Waals surface area contributed by atoms with Crippen LogP contribution in [-0.2, 0) is 10.7 Å². The van der Waals surface area contributed by atoms with Gasteiger partial charge in [-0.05, 0) is 57.3 Å². The van der Waals surface area contributed by atoms with Crippen molar-refractivity contribution in [1.29, 1.82) is 0 Å². The molecule has 0 spiro atoms. The van der Waals surface area contributed by atoms with E-state index in [9.17, 15) is 10.7 Å². The van der Waals surface area contributed by atoms with E-state index < -0.39 is 27.6 Å². The molecule has 0 aromatic heterocycles. The van der Waals surface area contributed by atoms with Gasteiger partial charge in [0.05, 0.1) is 0 Å². The Morgan fingerprint density at radius 3 is 2.25 bits per heavy atom. The van der Waals surface area contributed by atoms with Gasteiger partial charge in [0.15, 0.2) is 5.75 Å². The number of halogens is 3. The summed E-state index contributed by atoms with van der Waals surface area (Å²) in [4.78, 5) is 17.3. The maximum Gasteiger partial charge on any atom is 0.524 e. The average molecular weight is 584 g/mol. The minimum Gasteiger partial charge on any atom is -0.403 e. The van der Waals surface area contributed by atoms with Crippen molar-refractivity contribution in [2.75, 3.05) is 0 Å².